The smallest absolute Gasteiger partial charge is 0.308 e. The number of benzene rings is 1. The Morgan fingerprint density at radius 3 is 2.41 bits per heavy atom. The number of hydrogen-bond acceptors (Lipinski definition) is 5. The molecular weight excluding hydrogens is 412 g/mol. The van der Waals surface area contributed by atoms with E-state index in [1.54, 1.807) is 4.68 Å². The molecule has 3 rings (SSSR count). The van der Waals surface area contributed by atoms with Crippen molar-refractivity contribution in [2.45, 2.75) is 38.6 Å². The fraction of sp³-hybridized carbons (Fsp3) is 0.421. The average molecular weight is 435 g/mol. The van der Waals surface area contributed by atoms with Gasteiger partial charge in [-0.1, -0.05) is 28.1 Å². The van der Waals surface area contributed by atoms with Crippen LogP contribution in [0.3, 0.4) is 0 Å². The Hall–Kier alpha value is -2.35. The van der Waals surface area contributed by atoms with E-state index in [0.717, 1.165) is 22.9 Å². The van der Waals surface area contributed by atoms with E-state index in [1.807, 2.05) is 31.2 Å². The average Bonchev–Trinajstić information content (AvgIpc) is 3.00. The normalized spacial score (nSPS) is 19.6. The van der Waals surface area contributed by atoms with Gasteiger partial charge in [0.15, 0.2) is 0 Å². The van der Waals surface area contributed by atoms with Crippen LogP contribution in [0.4, 0.5) is 5.82 Å². The highest BCUT2D eigenvalue weighted by atomic mass is 79.9. The quantitative estimate of drug-likeness (QED) is 0.700. The van der Waals surface area contributed by atoms with E-state index in [-0.39, 0.29) is 29.3 Å². The van der Waals surface area contributed by atoms with Crippen LogP contribution < -0.4 is 11.5 Å². The molecule has 0 saturated heterocycles. The van der Waals surface area contributed by atoms with Crippen molar-refractivity contribution in [3.05, 3.63) is 34.3 Å². The Morgan fingerprint density at radius 2 is 1.85 bits per heavy atom. The van der Waals surface area contributed by atoms with Gasteiger partial charge < -0.3 is 16.2 Å². The van der Waals surface area contributed by atoms with Crippen LogP contribution in [0, 0.1) is 5.92 Å². The minimum absolute atomic E-state index is 0.0259. The number of carbonyl (C=O) groups is 2. The minimum Gasteiger partial charge on any atom is -0.466 e. The highest BCUT2D eigenvalue weighted by molar-refractivity contribution is 9.10. The first-order valence-corrected chi connectivity index (χ1v) is 9.82. The van der Waals surface area contributed by atoms with Crippen LogP contribution in [0.2, 0.25) is 0 Å². The number of nitrogens with zero attached hydrogens (tertiary/aromatic N) is 2. The summed E-state index contributed by atoms with van der Waals surface area (Å²) in [4.78, 5) is 23.9. The van der Waals surface area contributed by atoms with Crippen LogP contribution in [0.25, 0.3) is 11.3 Å². The summed E-state index contributed by atoms with van der Waals surface area (Å²) in [6.45, 7) is 2.20. The molecule has 0 spiro atoms. The molecule has 144 valence electrons. The maximum atomic E-state index is 12.0. The minimum atomic E-state index is -0.600. The van der Waals surface area contributed by atoms with Gasteiger partial charge in [-0.05, 0) is 44.7 Å². The number of ether oxygens (including phenoxy) is 1. The van der Waals surface area contributed by atoms with Gasteiger partial charge in [-0.3, -0.25) is 9.59 Å². The number of anilines is 1. The molecular formula is C19H23BrN4O3. The predicted molar refractivity (Wildman–Crippen MR) is 106 cm³/mol. The van der Waals surface area contributed by atoms with Crippen LogP contribution >= 0.6 is 15.9 Å². The number of nitrogen functional groups attached to an aromatic ring is 1. The molecule has 1 aromatic carbocycles. The summed E-state index contributed by atoms with van der Waals surface area (Å²) in [5.74, 6) is -0.547. The monoisotopic (exact) mass is 434 g/mol. The Morgan fingerprint density at radius 1 is 1.22 bits per heavy atom. The number of rotatable bonds is 5. The summed E-state index contributed by atoms with van der Waals surface area (Å²) < 4.78 is 7.74. The van der Waals surface area contributed by atoms with E-state index in [1.165, 1.54) is 0 Å². The zero-order chi connectivity index (χ0) is 19.6. The third-order valence-corrected chi connectivity index (χ3v) is 5.50. The summed E-state index contributed by atoms with van der Waals surface area (Å²) in [6, 6.07) is 7.50. The van der Waals surface area contributed by atoms with Crippen LogP contribution in [-0.4, -0.2) is 28.3 Å². The standard InChI is InChI=1S/C19H23BrN4O3/c1-2-27-19(26)12-5-9-14(10-6-12)24-17(21)15(18(22)25)16(23-24)11-3-7-13(20)8-4-11/h3-4,7-8,12,14H,2,5-6,9-10,21H2,1H3,(H2,22,25). The van der Waals surface area contributed by atoms with Crippen molar-refractivity contribution in [2.75, 3.05) is 12.3 Å². The van der Waals surface area contributed by atoms with Gasteiger partial charge in [0.1, 0.15) is 17.1 Å². The van der Waals surface area contributed by atoms with E-state index in [0.29, 0.717) is 25.1 Å². The van der Waals surface area contributed by atoms with Crippen molar-refractivity contribution in [1.82, 2.24) is 9.78 Å². The molecule has 0 radical (unpaired) electrons. The second-order valence-corrected chi connectivity index (χ2v) is 7.60. The number of primary amides is 1. The number of nitrogens with two attached hydrogens (primary N) is 2. The molecule has 1 fully saturated rings. The van der Waals surface area contributed by atoms with Gasteiger partial charge in [-0.2, -0.15) is 5.10 Å². The zero-order valence-corrected chi connectivity index (χ0v) is 16.7. The Kier molecular flexibility index (Phi) is 5.84. The third-order valence-electron chi connectivity index (χ3n) is 4.97. The van der Waals surface area contributed by atoms with Gasteiger partial charge in [0.2, 0.25) is 0 Å². The van der Waals surface area contributed by atoms with Gasteiger partial charge in [-0.15, -0.1) is 0 Å². The number of hydrogen-bond donors (Lipinski definition) is 2. The summed E-state index contributed by atoms with van der Waals surface area (Å²) in [6.07, 6.45) is 2.91. The number of aromatic nitrogens is 2. The fourth-order valence-electron chi connectivity index (χ4n) is 3.59. The number of esters is 1. The van der Waals surface area contributed by atoms with E-state index in [2.05, 4.69) is 21.0 Å². The lowest BCUT2D eigenvalue weighted by atomic mass is 9.86. The van der Waals surface area contributed by atoms with E-state index >= 15 is 0 Å². The van der Waals surface area contributed by atoms with Crippen molar-refractivity contribution in [3.63, 3.8) is 0 Å². The topological polar surface area (TPSA) is 113 Å². The molecule has 0 unspecified atom stereocenters. The van der Waals surface area contributed by atoms with Crippen molar-refractivity contribution in [1.29, 1.82) is 0 Å². The Balaban J connectivity index is 1.87. The van der Waals surface area contributed by atoms with Gasteiger partial charge in [0.25, 0.3) is 5.91 Å². The van der Waals surface area contributed by atoms with Gasteiger partial charge in [0.05, 0.1) is 18.6 Å². The van der Waals surface area contributed by atoms with Crippen molar-refractivity contribution in [3.8, 4) is 11.3 Å². The Bertz CT molecular complexity index is 839. The largest absolute Gasteiger partial charge is 0.466 e. The van der Waals surface area contributed by atoms with E-state index in [9.17, 15) is 9.59 Å². The lowest BCUT2D eigenvalue weighted by Gasteiger charge is -2.28. The molecule has 0 atom stereocenters. The number of halogens is 1. The van der Waals surface area contributed by atoms with Crippen LogP contribution in [-0.2, 0) is 9.53 Å². The predicted octanol–water partition coefficient (Wildman–Crippen LogP) is 3.29. The summed E-state index contributed by atoms with van der Waals surface area (Å²) in [5, 5.41) is 4.62. The molecule has 4 N–H and O–H groups in total. The fourth-order valence-corrected chi connectivity index (χ4v) is 3.86. The molecule has 1 heterocycles. The number of carbonyl (C=O) groups excluding carboxylic acids is 2. The van der Waals surface area contributed by atoms with Crippen LogP contribution in [0.5, 0.6) is 0 Å². The SMILES string of the molecule is CCOC(=O)C1CCC(n2nc(-c3ccc(Br)cc3)c(C(N)=O)c2N)CC1. The van der Waals surface area contributed by atoms with Gasteiger partial charge >= 0.3 is 5.97 Å². The maximum Gasteiger partial charge on any atom is 0.308 e. The molecule has 0 aliphatic heterocycles. The van der Waals surface area contributed by atoms with E-state index in [4.69, 9.17) is 16.2 Å². The van der Waals surface area contributed by atoms with Crippen LogP contribution in [0.15, 0.2) is 28.7 Å². The highest BCUT2D eigenvalue weighted by Crippen LogP contribution is 2.37. The highest BCUT2D eigenvalue weighted by Gasteiger charge is 2.31. The van der Waals surface area contributed by atoms with Gasteiger partial charge in [0, 0.05) is 10.0 Å². The molecule has 1 amide bonds. The molecule has 1 aromatic heterocycles. The Labute approximate surface area is 166 Å². The first-order valence-electron chi connectivity index (χ1n) is 9.02. The lowest BCUT2D eigenvalue weighted by Crippen LogP contribution is -2.26. The molecule has 0 bridgehead atoms. The molecule has 1 saturated carbocycles. The summed E-state index contributed by atoms with van der Waals surface area (Å²) in [7, 11) is 0. The zero-order valence-electron chi connectivity index (χ0n) is 15.2. The lowest BCUT2D eigenvalue weighted by molar-refractivity contribution is -0.149. The van der Waals surface area contributed by atoms with Gasteiger partial charge in [-0.25, -0.2) is 4.68 Å². The molecule has 1 aliphatic rings. The van der Waals surface area contributed by atoms with E-state index < -0.39 is 5.91 Å². The molecule has 8 heteroatoms. The van der Waals surface area contributed by atoms with Crippen molar-refractivity contribution in [2.24, 2.45) is 11.7 Å². The maximum absolute atomic E-state index is 12.0. The summed E-state index contributed by atoms with van der Waals surface area (Å²) in [5.41, 5.74) is 13.3. The van der Waals surface area contributed by atoms with Crippen LogP contribution in [0.1, 0.15) is 49.0 Å². The van der Waals surface area contributed by atoms with Crippen molar-refractivity contribution < 1.29 is 14.3 Å². The molecule has 27 heavy (non-hydrogen) atoms. The molecule has 2 aromatic rings. The molecule has 7 nitrogen and oxygen atoms in total. The first kappa shape index (κ1) is 19.4. The second-order valence-electron chi connectivity index (χ2n) is 6.68. The molecule has 1 aliphatic carbocycles. The second kappa shape index (κ2) is 8.12. The first-order chi connectivity index (χ1) is 12.9. The van der Waals surface area contributed by atoms with Crippen molar-refractivity contribution >= 4 is 33.6 Å². The summed E-state index contributed by atoms with van der Waals surface area (Å²) >= 11 is 3.40. The number of amides is 1. The third kappa shape index (κ3) is 4.00.